The maximum atomic E-state index is 12.5. The van der Waals surface area contributed by atoms with Crippen LogP contribution in [0, 0.1) is 0 Å². The third-order valence-corrected chi connectivity index (χ3v) is 5.88. The molecular formula is C18H21N5OS. The molecular weight excluding hydrogens is 334 g/mol. The number of para-hydroxylation sites is 1. The third-order valence-electron chi connectivity index (χ3n) is 4.68. The molecule has 2 aromatic heterocycles. The van der Waals surface area contributed by atoms with Gasteiger partial charge < -0.3 is 4.90 Å². The first-order valence-corrected chi connectivity index (χ1v) is 9.57. The first-order chi connectivity index (χ1) is 12.3. The first-order valence-electron chi connectivity index (χ1n) is 8.75. The smallest absolute Gasteiger partial charge is 0.222 e. The lowest BCUT2D eigenvalue weighted by Gasteiger charge is -2.32. The second-order valence-corrected chi connectivity index (χ2v) is 7.52. The highest BCUT2D eigenvalue weighted by Gasteiger charge is 2.26. The number of aryl methyl sites for hydroxylation is 1. The number of likely N-dealkylation sites (tertiary alicyclic amines) is 1. The van der Waals surface area contributed by atoms with Crippen LogP contribution in [0.1, 0.15) is 36.6 Å². The van der Waals surface area contributed by atoms with Gasteiger partial charge in [0, 0.05) is 32.0 Å². The Morgan fingerprint density at radius 3 is 3.08 bits per heavy atom. The van der Waals surface area contributed by atoms with Gasteiger partial charge in [0.15, 0.2) is 0 Å². The number of carbonyl (C=O) groups is 1. The molecule has 1 amide bonds. The first kappa shape index (κ1) is 16.2. The van der Waals surface area contributed by atoms with E-state index in [1.165, 1.54) is 16.0 Å². The van der Waals surface area contributed by atoms with Gasteiger partial charge in [0.25, 0.3) is 0 Å². The van der Waals surface area contributed by atoms with E-state index in [1.807, 2.05) is 11.0 Å². The summed E-state index contributed by atoms with van der Waals surface area (Å²) in [7, 11) is 0. The van der Waals surface area contributed by atoms with E-state index in [0.717, 1.165) is 44.4 Å². The van der Waals surface area contributed by atoms with Crippen molar-refractivity contribution < 1.29 is 4.79 Å². The Labute approximate surface area is 150 Å². The van der Waals surface area contributed by atoms with Gasteiger partial charge >= 0.3 is 0 Å². The molecule has 25 heavy (non-hydrogen) atoms. The van der Waals surface area contributed by atoms with Gasteiger partial charge in [-0.15, -0.1) is 11.3 Å². The highest BCUT2D eigenvalue weighted by atomic mass is 32.1. The number of hydrogen-bond donors (Lipinski definition) is 0. The summed E-state index contributed by atoms with van der Waals surface area (Å²) in [6.07, 6.45) is 6.73. The molecule has 1 unspecified atom stereocenters. The summed E-state index contributed by atoms with van der Waals surface area (Å²) >= 11 is 1.77. The molecule has 4 rings (SSSR count). The number of thiazole rings is 1. The minimum Gasteiger partial charge on any atom is -0.342 e. The average Bonchev–Trinajstić information content (AvgIpc) is 3.31. The molecule has 0 saturated carbocycles. The molecule has 0 N–H and O–H groups in total. The summed E-state index contributed by atoms with van der Waals surface area (Å²) in [5.74, 6) is 0.608. The summed E-state index contributed by atoms with van der Waals surface area (Å²) in [4.78, 5) is 23.3. The molecule has 6 nitrogen and oxygen atoms in total. The van der Waals surface area contributed by atoms with E-state index in [-0.39, 0.29) is 5.91 Å². The van der Waals surface area contributed by atoms with Crippen molar-refractivity contribution in [3.8, 4) is 0 Å². The van der Waals surface area contributed by atoms with E-state index < -0.39 is 0 Å². The van der Waals surface area contributed by atoms with E-state index in [0.29, 0.717) is 12.3 Å². The molecule has 130 valence electrons. The van der Waals surface area contributed by atoms with Crippen LogP contribution >= 0.6 is 11.3 Å². The van der Waals surface area contributed by atoms with Crippen LogP contribution in [0.15, 0.2) is 36.9 Å². The SMILES string of the molecule is O=C(CCCn1cncn1)N1CCCC(c2nc3ccccc3s2)C1. The van der Waals surface area contributed by atoms with Gasteiger partial charge in [-0.1, -0.05) is 12.1 Å². The van der Waals surface area contributed by atoms with E-state index in [9.17, 15) is 4.79 Å². The van der Waals surface area contributed by atoms with Crippen molar-refractivity contribution in [2.24, 2.45) is 0 Å². The van der Waals surface area contributed by atoms with Crippen LogP contribution in [0.5, 0.6) is 0 Å². The fraction of sp³-hybridized carbons (Fsp3) is 0.444. The number of aromatic nitrogens is 4. The predicted octanol–water partition coefficient (Wildman–Crippen LogP) is 3.07. The Kier molecular flexibility index (Phi) is 4.74. The zero-order valence-electron chi connectivity index (χ0n) is 14.0. The number of carbonyl (C=O) groups excluding carboxylic acids is 1. The van der Waals surface area contributed by atoms with Crippen LogP contribution in [-0.4, -0.2) is 43.6 Å². The largest absolute Gasteiger partial charge is 0.342 e. The lowest BCUT2D eigenvalue weighted by molar-refractivity contribution is -0.132. The highest BCUT2D eigenvalue weighted by molar-refractivity contribution is 7.18. The topological polar surface area (TPSA) is 63.9 Å². The van der Waals surface area contributed by atoms with Crippen molar-refractivity contribution in [1.82, 2.24) is 24.6 Å². The van der Waals surface area contributed by atoms with Crippen molar-refractivity contribution >= 4 is 27.5 Å². The molecule has 0 spiro atoms. The molecule has 3 heterocycles. The molecule has 1 aromatic carbocycles. The Hall–Kier alpha value is -2.28. The maximum absolute atomic E-state index is 12.5. The Morgan fingerprint density at radius 1 is 1.32 bits per heavy atom. The van der Waals surface area contributed by atoms with Crippen LogP contribution in [0.3, 0.4) is 0 Å². The van der Waals surface area contributed by atoms with Crippen LogP contribution in [0.2, 0.25) is 0 Å². The van der Waals surface area contributed by atoms with Gasteiger partial charge in [0.1, 0.15) is 12.7 Å². The quantitative estimate of drug-likeness (QED) is 0.705. The summed E-state index contributed by atoms with van der Waals surface area (Å²) in [6, 6.07) is 8.26. The number of rotatable bonds is 5. The number of fused-ring (bicyclic) bond motifs is 1. The summed E-state index contributed by atoms with van der Waals surface area (Å²) < 4.78 is 3.00. The van der Waals surface area contributed by atoms with Crippen molar-refractivity contribution in [2.75, 3.05) is 13.1 Å². The predicted molar refractivity (Wildman–Crippen MR) is 97.4 cm³/mol. The minimum atomic E-state index is 0.242. The Bertz CT molecular complexity index is 811. The van der Waals surface area contributed by atoms with Crippen molar-refractivity contribution in [2.45, 2.75) is 38.1 Å². The van der Waals surface area contributed by atoms with Crippen molar-refractivity contribution in [3.63, 3.8) is 0 Å². The van der Waals surface area contributed by atoms with Crippen molar-refractivity contribution in [1.29, 1.82) is 0 Å². The molecule has 1 fully saturated rings. The van der Waals surface area contributed by atoms with Gasteiger partial charge in [0.2, 0.25) is 5.91 Å². The molecule has 1 atom stereocenters. The second kappa shape index (κ2) is 7.31. The van der Waals surface area contributed by atoms with Gasteiger partial charge in [0.05, 0.1) is 15.2 Å². The Morgan fingerprint density at radius 2 is 2.24 bits per heavy atom. The Balaban J connectivity index is 1.36. The van der Waals surface area contributed by atoms with Crippen LogP contribution in [-0.2, 0) is 11.3 Å². The van der Waals surface area contributed by atoms with E-state index in [1.54, 1.807) is 22.3 Å². The standard InChI is InChI=1S/C18H21N5OS/c24-17(8-4-10-23-13-19-12-20-23)22-9-3-5-14(11-22)18-21-15-6-1-2-7-16(15)25-18/h1-2,6-7,12-14H,3-5,8-11H2. The maximum Gasteiger partial charge on any atom is 0.222 e. The minimum absolute atomic E-state index is 0.242. The van der Waals surface area contributed by atoms with E-state index in [2.05, 4.69) is 28.3 Å². The van der Waals surface area contributed by atoms with Crippen molar-refractivity contribution in [3.05, 3.63) is 41.9 Å². The lowest BCUT2D eigenvalue weighted by atomic mass is 9.98. The highest BCUT2D eigenvalue weighted by Crippen LogP contribution is 2.33. The second-order valence-electron chi connectivity index (χ2n) is 6.46. The van der Waals surface area contributed by atoms with Gasteiger partial charge in [-0.25, -0.2) is 9.97 Å². The monoisotopic (exact) mass is 355 g/mol. The molecule has 0 aliphatic carbocycles. The number of piperidine rings is 1. The number of hydrogen-bond acceptors (Lipinski definition) is 5. The van der Waals surface area contributed by atoms with Gasteiger partial charge in [-0.2, -0.15) is 5.10 Å². The van der Waals surface area contributed by atoms with Gasteiger partial charge in [-0.3, -0.25) is 9.48 Å². The number of nitrogens with zero attached hydrogens (tertiary/aromatic N) is 5. The summed E-state index contributed by atoms with van der Waals surface area (Å²) in [5, 5.41) is 5.24. The third kappa shape index (κ3) is 3.71. The molecule has 3 aromatic rings. The van der Waals surface area contributed by atoms with Crippen LogP contribution in [0.4, 0.5) is 0 Å². The molecule has 0 radical (unpaired) electrons. The zero-order chi connectivity index (χ0) is 17.1. The molecule has 1 aliphatic heterocycles. The molecule has 1 aliphatic rings. The van der Waals surface area contributed by atoms with E-state index in [4.69, 9.17) is 4.98 Å². The number of benzene rings is 1. The molecule has 7 heteroatoms. The zero-order valence-corrected chi connectivity index (χ0v) is 14.9. The van der Waals surface area contributed by atoms with E-state index >= 15 is 0 Å². The normalized spacial score (nSPS) is 17.9. The fourth-order valence-electron chi connectivity index (χ4n) is 3.37. The summed E-state index contributed by atoms with van der Waals surface area (Å²) in [5.41, 5.74) is 1.07. The molecule has 1 saturated heterocycles. The van der Waals surface area contributed by atoms with Crippen LogP contribution < -0.4 is 0 Å². The average molecular weight is 355 g/mol. The molecule has 0 bridgehead atoms. The summed E-state index contributed by atoms with van der Waals surface area (Å²) in [6.45, 7) is 2.40. The number of amides is 1. The lowest BCUT2D eigenvalue weighted by Crippen LogP contribution is -2.39. The van der Waals surface area contributed by atoms with Gasteiger partial charge in [-0.05, 0) is 31.4 Å². The fourth-order valence-corrected chi connectivity index (χ4v) is 4.46. The van der Waals surface area contributed by atoms with Crippen LogP contribution in [0.25, 0.3) is 10.2 Å².